The lowest BCUT2D eigenvalue weighted by Crippen LogP contribution is -2.18. The quantitative estimate of drug-likeness (QED) is 0.506. The molecule has 0 atom stereocenters. The van der Waals surface area contributed by atoms with Crippen LogP contribution in [-0.4, -0.2) is 15.1 Å². The molecule has 3 rings (SSSR count). The van der Waals surface area contributed by atoms with Crippen LogP contribution in [0.15, 0.2) is 11.0 Å². The molecule has 0 aliphatic carbocycles. The Morgan fingerprint density at radius 2 is 1.75 bits per heavy atom. The fourth-order valence-corrected chi connectivity index (χ4v) is 4.17. The third-order valence-electron chi connectivity index (χ3n) is 3.64. The van der Waals surface area contributed by atoms with Crippen LogP contribution in [-0.2, 0) is 0 Å². The van der Waals surface area contributed by atoms with E-state index < -0.39 is 0 Å². The molecular formula is C14H13N3S3. The van der Waals surface area contributed by atoms with Crippen LogP contribution in [0.3, 0.4) is 0 Å². The molecule has 0 aromatic heterocycles. The molecule has 0 saturated carbocycles. The molecule has 6 heteroatoms. The maximum Gasteiger partial charge on any atom is 0.143 e. The van der Waals surface area contributed by atoms with E-state index in [1.165, 1.54) is 22.9 Å². The topological polar surface area (TPSA) is 47.9 Å². The van der Waals surface area contributed by atoms with E-state index in [9.17, 15) is 0 Å². The predicted octanol–water partition coefficient (Wildman–Crippen LogP) is 3.16. The number of amidine groups is 1. The van der Waals surface area contributed by atoms with Crippen LogP contribution in [0.25, 0.3) is 5.70 Å². The van der Waals surface area contributed by atoms with Gasteiger partial charge in [0.2, 0.25) is 0 Å². The highest BCUT2D eigenvalue weighted by molar-refractivity contribution is 8.27. The van der Waals surface area contributed by atoms with Crippen LogP contribution < -0.4 is 10.6 Å². The van der Waals surface area contributed by atoms with Crippen LogP contribution in [0, 0.1) is 26.2 Å². The Hall–Kier alpha value is -1.24. The van der Waals surface area contributed by atoms with Crippen molar-refractivity contribution in [3.63, 3.8) is 0 Å². The molecule has 20 heavy (non-hydrogen) atoms. The second kappa shape index (κ2) is 4.65. The van der Waals surface area contributed by atoms with Gasteiger partial charge in [0.05, 0.1) is 10.6 Å². The van der Waals surface area contributed by atoms with Crippen molar-refractivity contribution in [1.82, 2.24) is 10.6 Å². The maximum absolute atomic E-state index is 8.20. The first-order valence-electron chi connectivity index (χ1n) is 6.14. The van der Waals surface area contributed by atoms with E-state index in [0.717, 1.165) is 27.3 Å². The lowest BCUT2D eigenvalue weighted by molar-refractivity contribution is 1.27. The average Bonchev–Trinajstić information content (AvgIpc) is 2.86. The SMILES string of the molecule is Cc1cc(C)c2c(c1C)/C(=C1\SC(=S)NC1=S)NC2=N. The maximum atomic E-state index is 8.20. The van der Waals surface area contributed by atoms with Crippen LogP contribution >= 0.6 is 36.2 Å². The van der Waals surface area contributed by atoms with Crippen molar-refractivity contribution in [1.29, 1.82) is 5.41 Å². The van der Waals surface area contributed by atoms with Gasteiger partial charge in [-0.2, -0.15) is 0 Å². The lowest BCUT2D eigenvalue weighted by atomic mass is 9.93. The summed E-state index contributed by atoms with van der Waals surface area (Å²) in [6.45, 7) is 6.22. The Labute approximate surface area is 132 Å². The van der Waals surface area contributed by atoms with Gasteiger partial charge >= 0.3 is 0 Å². The first kappa shape index (κ1) is 13.7. The zero-order valence-corrected chi connectivity index (χ0v) is 13.8. The van der Waals surface area contributed by atoms with E-state index in [-0.39, 0.29) is 0 Å². The molecule has 3 N–H and O–H groups in total. The van der Waals surface area contributed by atoms with Gasteiger partial charge in [0.1, 0.15) is 15.1 Å². The van der Waals surface area contributed by atoms with Gasteiger partial charge in [-0.25, -0.2) is 0 Å². The summed E-state index contributed by atoms with van der Waals surface area (Å²) in [6, 6.07) is 2.13. The van der Waals surface area contributed by atoms with E-state index >= 15 is 0 Å². The molecule has 0 bridgehead atoms. The minimum Gasteiger partial charge on any atom is -0.339 e. The second-order valence-corrected chi connectivity index (χ2v) is 7.03. The number of thioether (sulfide) groups is 1. The molecule has 2 aliphatic rings. The average molecular weight is 319 g/mol. The van der Waals surface area contributed by atoms with Gasteiger partial charge in [-0.3, -0.25) is 5.41 Å². The van der Waals surface area contributed by atoms with Gasteiger partial charge in [0.25, 0.3) is 0 Å². The number of aryl methyl sites for hydroxylation is 2. The fourth-order valence-electron chi connectivity index (χ4n) is 2.62. The molecule has 1 fully saturated rings. The monoisotopic (exact) mass is 319 g/mol. The number of nitrogens with one attached hydrogen (secondary N) is 3. The lowest BCUT2D eigenvalue weighted by Gasteiger charge is -2.11. The first-order valence-corrected chi connectivity index (χ1v) is 7.78. The molecule has 2 heterocycles. The summed E-state index contributed by atoms with van der Waals surface area (Å²) in [4.78, 5) is 1.56. The molecular weight excluding hydrogens is 306 g/mol. The zero-order valence-electron chi connectivity index (χ0n) is 11.3. The van der Waals surface area contributed by atoms with Crippen LogP contribution in [0.1, 0.15) is 27.8 Å². The summed E-state index contributed by atoms with van der Waals surface area (Å²) in [5.41, 5.74) is 6.49. The van der Waals surface area contributed by atoms with Gasteiger partial charge in [-0.1, -0.05) is 42.3 Å². The molecule has 0 amide bonds. The number of rotatable bonds is 0. The molecule has 0 spiro atoms. The Bertz CT molecular complexity index is 732. The van der Waals surface area contributed by atoms with Gasteiger partial charge < -0.3 is 10.6 Å². The molecule has 1 aromatic rings. The Morgan fingerprint density at radius 1 is 1.05 bits per heavy atom. The van der Waals surface area contributed by atoms with E-state index in [1.807, 2.05) is 6.92 Å². The standard InChI is InChI=1S/C14H13N3S3/c1-5-4-6(2)8-9(7(5)3)10(16-12(8)15)11-13(18)17-14(19)20-11/h4H,1-3H3,(H2,15,16)(H,17,18,19)/b11-10+. The molecule has 0 radical (unpaired) electrons. The zero-order chi connectivity index (χ0) is 14.6. The minimum absolute atomic E-state index is 0.435. The van der Waals surface area contributed by atoms with Crippen molar-refractivity contribution >= 4 is 57.0 Å². The summed E-state index contributed by atoms with van der Waals surface area (Å²) >= 11 is 12.0. The Balaban J connectivity index is 2.32. The van der Waals surface area contributed by atoms with E-state index in [1.54, 1.807) is 0 Å². The highest BCUT2D eigenvalue weighted by Crippen LogP contribution is 2.39. The van der Waals surface area contributed by atoms with Crippen LogP contribution in [0.5, 0.6) is 0 Å². The number of benzene rings is 1. The van der Waals surface area contributed by atoms with Crippen molar-refractivity contribution < 1.29 is 0 Å². The minimum atomic E-state index is 0.435. The van der Waals surface area contributed by atoms with Gasteiger partial charge in [-0.15, -0.1) is 0 Å². The number of hydrogen-bond acceptors (Lipinski definition) is 4. The molecule has 0 unspecified atom stereocenters. The summed E-state index contributed by atoms with van der Waals surface area (Å²) in [5.74, 6) is 0.435. The van der Waals surface area contributed by atoms with Crippen molar-refractivity contribution in [3.05, 3.63) is 38.8 Å². The first-order chi connectivity index (χ1) is 9.40. The van der Waals surface area contributed by atoms with E-state index in [2.05, 4.69) is 30.5 Å². The summed E-state index contributed by atoms with van der Waals surface area (Å²) in [7, 11) is 0. The number of fused-ring (bicyclic) bond motifs is 1. The fraction of sp³-hybridized carbons (Fsp3) is 0.214. The smallest absolute Gasteiger partial charge is 0.143 e. The highest BCUT2D eigenvalue weighted by Gasteiger charge is 2.32. The number of hydrogen-bond donors (Lipinski definition) is 3. The third kappa shape index (κ3) is 1.90. The molecule has 1 aromatic carbocycles. The van der Waals surface area contributed by atoms with Crippen molar-refractivity contribution in [2.24, 2.45) is 0 Å². The normalized spacial score (nSPS) is 21.1. The summed E-state index contributed by atoms with van der Waals surface area (Å²) < 4.78 is 0.668. The van der Waals surface area contributed by atoms with Gasteiger partial charge in [-0.05, 0) is 37.5 Å². The molecule has 102 valence electrons. The number of thiocarbonyl (C=S) groups is 2. The summed E-state index contributed by atoms with van der Waals surface area (Å²) in [6.07, 6.45) is 0. The molecule has 2 aliphatic heterocycles. The van der Waals surface area contributed by atoms with Crippen LogP contribution in [0.2, 0.25) is 0 Å². The van der Waals surface area contributed by atoms with Crippen molar-refractivity contribution in [2.75, 3.05) is 0 Å². The third-order valence-corrected chi connectivity index (χ3v) is 5.32. The Morgan fingerprint density at radius 3 is 2.35 bits per heavy atom. The van der Waals surface area contributed by atoms with Gasteiger partial charge in [0, 0.05) is 11.1 Å². The largest absolute Gasteiger partial charge is 0.339 e. The Kier molecular flexibility index (Phi) is 3.19. The van der Waals surface area contributed by atoms with E-state index in [4.69, 9.17) is 29.8 Å². The highest BCUT2D eigenvalue weighted by atomic mass is 32.2. The van der Waals surface area contributed by atoms with Gasteiger partial charge in [0.15, 0.2) is 0 Å². The van der Waals surface area contributed by atoms with Crippen LogP contribution in [0.4, 0.5) is 0 Å². The second-order valence-electron chi connectivity index (χ2n) is 4.93. The summed E-state index contributed by atoms with van der Waals surface area (Å²) in [5, 5.41) is 14.4. The molecule has 3 nitrogen and oxygen atoms in total. The molecule has 1 saturated heterocycles. The predicted molar refractivity (Wildman–Crippen MR) is 93.5 cm³/mol. The van der Waals surface area contributed by atoms with Crippen molar-refractivity contribution in [2.45, 2.75) is 20.8 Å². The van der Waals surface area contributed by atoms with Crippen molar-refractivity contribution in [3.8, 4) is 0 Å². The van der Waals surface area contributed by atoms with E-state index in [0.29, 0.717) is 15.1 Å².